The zero-order valence-corrected chi connectivity index (χ0v) is 51.8. The number of aliphatic hydroxyl groups is 4. The normalized spacial score (nSPS) is 32.0. The highest BCUT2D eigenvalue weighted by Crippen LogP contribution is 2.41. The molecule has 83 heavy (non-hydrogen) atoms. The number of carboxylic acids is 1. The van der Waals surface area contributed by atoms with Gasteiger partial charge in [0.25, 0.3) is 0 Å². The van der Waals surface area contributed by atoms with E-state index < -0.39 is 114 Å². The van der Waals surface area contributed by atoms with Gasteiger partial charge in [0.15, 0.2) is 12.6 Å². The third-order valence-corrected chi connectivity index (χ3v) is 16.6. The van der Waals surface area contributed by atoms with E-state index >= 15 is 0 Å². The largest absolute Gasteiger partial charge is 0.477 e. The van der Waals surface area contributed by atoms with Gasteiger partial charge >= 0.3 is 17.9 Å². The summed E-state index contributed by atoms with van der Waals surface area (Å²) >= 11 is 6.58. The van der Waals surface area contributed by atoms with Crippen LogP contribution in [0, 0.1) is 23.7 Å². The zero-order valence-electron chi connectivity index (χ0n) is 51.0. The summed E-state index contributed by atoms with van der Waals surface area (Å²) < 4.78 is 57.0. The summed E-state index contributed by atoms with van der Waals surface area (Å²) in [6, 6.07) is 2.99. The minimum atomic E-state index is -1.99. The molecule has 6 N–H and O–H groups in total. The van der Waals surface area contributed by atoms with E-state index in [1.807, 2.05) is 37.4 Å². The first-order valence-corrected chi connectivity index (χ1v) is 29.7. The Morgan fingerprint density at radius 3 is 2.25 bits per heavy atom. The quantitative estimate of drug-likeness (QED) is 0.0261. The fourth-order valence-corrected chi connectivity index (χ4v) is 11.5. The molecule has 24 heteroatoms. The number of nitrogens with zero attached hydrogens (tertiary/aromatic N) is 3. The van der Waals surface area contributed by atoms with Gasteiger partial charge < -0.3 is 87.8 Å². The molecule has 2 saturated heterocycles. The van der Waals surface area contributed by atoms with Gasteiger partial charge in [-0.15, -0.1) is 0 Å². The summed E-state index contributed by atoms with van der Waals surface area (Å²) in [5, 5.41) is 66.5. The Kier molecular flexibility index (Phi) is 26.5. The minimum Gasteiger partial charge on any atom is -0.477 e. The van der Waals surface area contributed by atoms with Crippen molar-refractivity contribution in [3.05, 3.63) is 39.1 Å². The molecule has 2 aromatic rings. The van der Waals surface area contributed by atoms with Crippen LogP contribution in [0.3, 0.4) is 0 Å². The summed E-state index contributed by atoms with van der Waals surface area (Å²) in [6.07, 6.45) is -6.79. The van der Waals surface area contributed by atoms with Gasteiger partial charge in [0.1, 0.15) is 36.1 Å². The number of carbonyl (C=O) groups excluding carboxylic acids is 2. The summed E-state index contributed by atoms with van der Waals surface area (Å²) in [4.78, 5) is 60.1. The van der Waals surface area contributed by atoms with E-state index in [0.29, 0.717) is 34.9 Å². The van der Waals surface area contributed by atoms with Crippen LogP contribution in [0.2, 0.25) is 5.02 Å². The van der Waals surface area contributed by atoms with Crippen LogP contribution >= 0.6 is 11.6 Å². The second-order valence-corrected chi connectivity index (χ2v) is 23.8. The van der Waals surface area contributed by atoms with E-state index in [0.717, 1.165) is 12.8 Å². The number of fused-ring (bicyclic) bond motifs is 1. The molecule has 23 nitrogen and oxygen atoms in total. The SMILES string of the molecule is CCO/N=C1\[C@H](C)C[C@@](C)(O)[C@H](O[C@@H]2O[C@H](C)C[C@H](N(C)C)[C@H]2O)[C@@H](C)[C@H](OC(CCOC)O[C@@H](C)[C@@H](C)OC(=O)CCOCCOCCNc2cc3c(=O)c(C(=O)O)cn(C4CC4)c3cc2Cl)[C@@H](C)C(=O)O[C@H](CC)[C@@](C)(O)[C@H](O)[C@H]1C. The number of cyclic esters (lactones) is 1. The number of oxime groups is 1. The first-order chi connectivity index (χ1) is 39.1. The first-order valence-electron chi connectivity index (χ1n) is 29.3. The summed E-state index contributed by atoms with van der Waals surface area (Å²) in [5.41, 5.74) is -3.29. The molecule has 0 spiro atoms. The summed E-state index contributed by atoms with van der Waals surface area (Å²) in [7, 11) is 5.21. The Morgan fingerprint density at radius 2 is 1.64 bits per heavy atom. The van der Waals surface area contributed by atoms with E-state index in [1.165, 1.54) is 20.2 Å². The molecule has 3 aliphatic rings. The van der Waals surface area contributed by atoms with Crippen LogP contribution < -0.4 is 10.7 Å². The fraction of sp³-hybridized carbons (Fsp3) is 0.780. The van der Waals surface area contributed by atoms with Crippen molar-refractivity contribution in [2.24, 2.45) is 28.8 Å². The monoisotopic (exact) mass is 1200 g/mol. The van der Waals surface area contributed by atoms with Crippen molar-refractivity contribution in [2.45, 2.75) is 206 Å². The smallest absolute Gasteiger partial charge is 0.341 e. The molecular formula is C59H95ClN4O19. The molecule has 1 unspecified atom stereocenters. The number of methoxy groups -OCH3 is 1. The summed E-state index contributed by atoms with van der Waals surface area (Å²) in [5.74, 6) is -6.14. The molecule has 5 rings (SSSR count). The Labute approximate surface area is 493 Å². The van der Waals surface area contributed by atoms with Crippen molar-refractivity contribution in [1.82, 2.24) is 9.47 Å². The number of benzene rings is 1. The van der Waals surface area contributed by atoms with E-state index in [9.17, 15) is 44.7 Å². The van der Waals surface area contributed by atoms with Crippen molar-refractivity contribution in [3.63, 3.8) is 0 Å². The number of aromatic nitrogens is 1. The Hall–Kier alpha value is -4.08. The predicted molar refractivity (Wildman–Crippen MR) is 310 cm³/mol. The van der Waals surface area contributed by atoms with Gasteiger partial charge in [-0.25, -0.2) is 4.79 Å². The van der Waals surface area contributed by atoms with Gasteiger partial charge in [0, 0.05) is 61.5 Å². The van der Waals surface area contributed by atoms with Crippen molar-refractivity contribution >= 4 is 51.8 Å². The number of likely N-dealkylation sites (N-methyl/N-ethyl adjacent to an activating group) is 1. The molecule has 0 amide bonds. The number of rotatable bonds is 27. The minimum absolute atomic E-state index is 0.0370. The lowest BCUT2D eigenvalue weighted by Crippen LogP contribution is -2.60. The van der Waals surface area contributed by atoms with Gasteiger partial charge in [-0.1, -0.05) is 44.5 Å². The summed E-state index contributed by atoms with van der Waals surface area (Å²) in [6.45, 7) is 19.9. The second kappa shape index (κ2) is 31.5. The topological polar surface area (TPSA) is 294 Å². The Bertz CT molecular complexity index is 2510. The van der Waals surface area contributed by atoms with Crippen LogP contribution in [0.25, 0.3) is 10.9 Å². The lowest BCUT2D eigenvalue weighted by molar-refractivity contribution is -0.306. The molecular weight excluding hydrogens is 1100 g/mol. The van der Waals surface area contributed by atoms with Crippen LogP contribution in [0.15, 0.2) is 28.3 Å². The molecule has 3 fully saturated rings. The van der Waals surface area contributed by atoms with Gasteiger partial charge in [0.2, 0.25) is 5.43 Å². The van der Waals surface area contributed by atoms with Crippen LogP contribution in [0.4, 0.5) is 5.69 Å². The third-order valence-electron chi connectivity index (χ3n) is 16.3. The van der Waals surface area contributed by atoms with E-state index in [4.69, 9.17) is 59.1 Å². The maximum absolute atomic E-state index is 14.6. The number of anilines is 1. The van der Waals surface area contributed by atoms with Crippen molar-refractivity contribution in [3.8, 4) is 0 Å². The van der Waals surface area contributed by atoms with Gasteiger partial charge in [-0.05, 0) is 107 Å². The second-order valence-electron chi connectivity index (χ2n) is 23.4. The van der Waals surface area contributed by atoms with Crippen molar-refractivity contribution < 1.29 is 87.4 Å². The number of aliphatic hydroxyl groups excluding tert-OH is 2. The molecule has 2 aliphatic heterocycles. The number of carbonyl (C=O) groups is 3. The number of pyridine rings is 1. The highest BCUT2D eigenvalue weighted by Gasteiger charge is 2.52. The highest BCUT2D eigenvalue weighted by molar-refractivity contribution is 6.34. The van der Waals surface area contributed by atoms with Crippen LogP contribution in [-0.2, 0) is 57.1 Å². The number of halogens is 1. The average molecular weight is 1200 g/mol. The van der Waals surface area contributed by atoms with Crippen molar-refractivity contribution in [2.75, 3.05) is 72.7 Å². The van der Waals surface area contributed by atoms with E-state index in [1.54, 1.807) is 67.5 Å². The zero-order chi connectivity index (χ0) is 61.7. The standard InChI is InChI=1S/C59H95ClN4O19/c1-15-46-59(11,73)53(68)34(5)49(62-77-16-2)32(3)30-58(10,72)54(83-57-51(67)45(63(12)13)27-33(4)78-57)35(6)52(36(7)56(71)81-46)82-48(20-22-74-14)80-38(9)37(8)79-47(65)19-23-75-25-26-76-24-21-61-43-28-40-44(29-42(43)60)64(39-17-18-39)31-41(50(40)66)55(69)70/h28-29,31-39,45-46,48,51-54,57,61,67-68,72-73H,15-27,30H2,1-14H3,(H,69,70)/b62-49+/t32-,33-,34+,35+,36-,37-,38+,45+,46-,48?,51-,52+,53-,54-,57+,58-,59-/m1/s1. The molecule has 1 aliphatic carbocycles. The van der Waals surface area contributed by atoms with Gasteiger partial charge in [0.05, 0.1) is 103 Å². The van der Waals surface area contributed by atoms with E-state index in [-0.39, 0.29) is 94.5 Å². The molecule has 472 valence electrons. The number of esters is 2. The van der Waals surface area contributed by atoms with Crippen LogP contribution in [-0.4, -0.2) is 205 Å². The van der Waals surface area contributed by atoms with Crippen molar-refractivity contribution in [1.29, 1.82) is 0 Å². The number of hydrogen-bond acceptors (Lipinski definition) is 21. The fourth-order valence-electron chi connectivity index (χ4n) is 11.3. The maximum Gasteiger partial charge on any atom is 0.341 e. The number of aromatic carboxylic acids is 1. The molecule has 0 bridgehead atoms. The number of hydrogen-bond donors (Lipinski definition) is 6. The van der Waals surface area contributed by atoms with Gasteiger partial charge in [-0.3, -0.25) is 14.4 Å². The lowest BCUT2D eigenvalue weighted by atomic mass is 9.73. The predicted octanol–water partition coefficient (Wildman–Crippen LogP) is 5.94. The first kappa shape index (κ1) is 69.7. The maximum atomic E-state index is 14.6. The molecule has 17 atom stereocenters. The number of ether oxygens (including phenoxy) is 9. The average Bonchev–Trinajstić information content (AvgIpc) is 2.84. The van der Waals surface area contributed by atoms with E-state index in [2.05, 4.69) is 10.5 Å². The number of carboxylic acid groups (broad SMARTS) is 1. The molecule has 1 aromatic carbocycles. The van der Waals surface area contributed by atoms with Crippen LogP contribution in [0.5, 0.6) is 0 Å². The van der Waals surface area contributed by atoms with Gasteiger partial charge in [-0.2, -0.15) is 0 Å². The molecule has 1 aromatic heterocycles. The molecule has 3 heterocycles. The highest BCUT2D eigenvalue weighted by atomic mass is 35.5. The number of nitrogens with one attached hydrogen (secondary N) is 1. The van der Waals surface area contributed by atoms with Crippen LogP contribution in [0.1, 0.15) is 138 Å². The Morgan fingerprint density at radius 1 is 0.964 bits per heavy atom. The molecule has 0 radical (unpaired) electrons. The third kappa shape index (κ3) is 18.5. The Balaban J connectivity index is 1.26. The lowest BCUT2D eigenvalue weighted by Gasteiger charge is -2.48. The molecule has 1 saturated carbocycles.